The summed E-state index contributed by atoms with van der Waals surface area (Å²) in [6, 6.07) is 6.10. The van der Waals surface area contributed by atoms with E-state index in [-0.39, 0.29) is 40.9 Å². The molecule has 0 saturated heterocycles. The van der Waals surface area contributed by atoms with Gasteiger partial charge in [-0.15, -0.1) is 0 Å². The van der Waals surface area contributed by atoms with Crippen LogP contribution in [0.1, 0.15) is 0 Å². The number of hydrogen-bond donors (Lipinski definition) is 1. The van der Waals surface area contributed by atoms with Gasteiger partial charge in [0.2, 0.25) is 0 Å². The van der Waals surface area contributed by atoms with Gasteiger partial charge >= 0.3 is 29.6 Å². The molecule has 0 aliphatic heterocycles. The van der Waals surface area contributed by atoms with E-state index in [4.69, 9.17) is 5.73 Å². The minimum atomic E-state index is -0.505. The molecule has 0 radical (unpaired) electrons. The van der Waals surface area contributed by atoms with Gasteiger partial charge in [0.25, 0.3) is 5.69 Å². The molecule has 1 rings (SSSR count). The maximum atomic E-state index is 10.1. The van der Waals surface area contributed by atoms with Gasteiger partial charge in [0.05, 0.1) is 4.92 Å². The van der Waals surface area contributed by atoms with E-state index in [2.05, 4.69) is 0 Å². The van der Waals surface area contributed by atoms with Gasteiger partial charge in [-0.3, -0.25) is 10.1 Å². The minimum absolute atomic E-state index is 0. The SMILES string of the molecule is Nc1ccccc1[N+](=O)[O-].[NaH]. The number of nitro benzene ring substituents is 1. The molecule has 0 bridgehead atoms. The fourth-order valence-electron chi connectivity index (χ4n) is 0.654. The van der Waals surface area contributed by atoms with Crippen LogP contribution >= 0.6 is 0 Å². The zero-order valence-corrected chi connectivity index (χ0v) is 5.15. The van der Waals surface area contributed by atoms with Crippen LogP contribution in [0.25, 0.3) is 0 Å². The van der Waals surface area contributed by atoms with Crippen molar-refractivity contribution in [1.82, 2.24) is 0 Å². The summed E-state index contributed by atoms with van der Waals surface area (Å²) in [7, 11) is 0. The van der Waals surface area contributed by atoms with Gasteiger partial charge in [0, 0.05) is 6.07 Å². The molecule has 0 aromatic heterocycles. The second-order valence-electron chi connectivity index (χ2n) is 1.82. The number of nitrogens with two attached hydrogens (primary N) is 1. The van der Waals surface area contributed by atoms with Crippen LogP contribution in [-0.2, 0) is 0 Å². The van der Waals surface area contributed by atoms with Crippen molar-refractivity contribution >= 4 is 40.9 Å². The molecular weight excluding hydrogens is 155 g/mol. The summed E-state index contributed by atoms with van der Waals surface area (Å²) in [5.74, 6) is 0. The predicted molar refractivity (Wildman–Crippen MR) is 44.7 cm³/mol. The fourth-order valence-corrected chi connectivity index (χ4v) is 0.654. The molecule has 11 heavy (non-hydrogen) atoms. The van der Waals surface area contributed by atoms with Crippen molar-refractivity contribution in [3.8, 4) is 0 Å². The standard InChI is InChI=1S/C6H6N2O2.Na.H/c7-5-3-1-2-4-6(5)8(9)10;;/h1-4H,7H2;;. The Morgan fingerprint density at radius 3 is 2.27 bits per heavy atom. The van der Waals surface area contributed by atoms with E-state index >= 15 is 0 Å². The molecule has 0 unspecified atom stereocenters. The van der Waals surface area contributed by atoms with E-state index in [1.54, 1.807) is 12.1 Å². The molecule has 0 fully saturated rings. The number of hydrogen-bond acceptors (Lipinski definition) is 3. The van der Waals surface area contributed by atoms with Gasteiger partial charge < -0.3 is 5.73 Å². The van der Waals surface area contributed by atoms with Crippen molar-refractivity contribution in [1.29, 1.82) is 0 Å². The number of rotatable bonds is 1. The summed E-state index contributed by atoms with van der Waals surface area (Å²) < 4.78 is 0. The molecule has 1 aromatic carbocycles. The van der Waals surface area contributed by atoms with Gasteiger partial charge in [-0.25, -0.2) is 0 Å². The first-order valence-electron chi connectivity index (χ1n) is 2.70. The van der Waals surface area contributed by atoms with E-state index in [0.29, 0.717) is 0 Å². The molecule has 0 aliphatic rings. The van der Waals surface area contributed by atoms with Gasteiger partial charge in [-0.05, 0) is 6.07 Å². The molecule has 0 spiro atoms. The summed E-state index contributed by atoms with van der Waals surface area (Å²) in [6.45, 7) is 0. The number of benzene rings is 1. The normalized spacial score (nSPS) is 8.36. The van der Waals surface area contributed by atoms with E-state index < -0.39 is 4.92 Å². The Bertz CT molecular complexity index is 265. The van der Waals surface area contributed by atoms with Crippen molar-refractivity contribution in [2.45, 2.75) is 0 Å². The quantitative estimate of drug-likeness (QED) is 0.283. The molecule has 1 aromatic rings. The zero-order valence-electron chi connectivity index (χ0n) is 5.15. The first-order chi connectivity index (χ1) is 4.72. The van der Waals surface area contributed by atoms with Crippen LogP contribution in [0.3, 0.4) is 0 Å². The van der Waals surface area contributed by atoms with Crippen molar-refractivity contribution < 1.29 is 4.92 Å². The van der Waals surface area contributed by atoms with E-state index in [0.717, 1.165) is 0 Å². The summed E-state index contributed by atoms with van der Waals surface area (Å²) >= 11 is 0. The molecule has 0 saturated carbocycles. The first-order valence-corrected chi connectivity index (χ1v) is 2.70. The first kappa shape index (κ1) is 10.4. The van der Waals surface area contributed by atoms with Crippen LogP contribution in [0, 0.1) is 10.1 Å². The van der Waals surface area contributed by atoms with Gasteiger partial charge in [0.1, 0.15) is 5.69 Å². The van der Waals surface area contributed by atoms with Crippen molar-refractivity contribution in [2.24, 2.45) is 0 Å². The molecule has 0 aliphatic carbocycles. The number of para-hydroxylation sites is 2. The topological polar surface area (TPSA) is 69.2 Å². The molecule has 0 amide bonds. The third-order valence-corrected chi connectivity index (χ3v) is 1.13. The number of nitrogen functional groups attached to an aromatic ring is 1. The average Bonchev–Trinajstić information content (AvgIpc) is 1.88. The summed E-state index contributed by atoms with van der Waals surface area (Å²) in [6.07, 6.45) is 0. The molecule has 0 heterocycles. The van der Waals surface area contributed by atoms with Crippen LogP contribution in [0.5, 0.6) is 0 Å². The Balaban J connectivity index is 0.000001000. The van der Waals surface area contributed by atoms with Crippen molar-refractivity contribution in [2.75, 3.05) is 5.73 Å². The maximum absolute atomic E-state index is 10.1. The van der Waals surface area contributed by atoms with E-state index in [1.165, 1.54) is 12.1 Å². The Morgan fingerprint density at radius 1 is 1.36 bits per heavy atom. The monoisotopic (exact) mass is 162 g/mol. The van der Waals surface area contributed by atoms with E-state index in [9.17, 15) is 10.1 Å². The number of nitro groups is 1. The van der Waals surface area contributed by atoms with Crippen LogP contribution in [0.15, 0.2) is 24.3 Å². The van der Waals surface area contributed by atoms with Crippen LogP contribution < -0.4 is 5.73 Å². The molecule has 4 nitrogen and oxygen atoms in total. The number of anilines is 1. The summed E-state index contributed by atoms with van der Waals surface area (Å²) in [4.78, 5) is 9.64. The molecule has 2 N–H and O–H groups in total. The number of nitrogens with zero attached hydrogens (tertiary/aromatic N) is 1. The Morgan fingerprint density at radius 2 is 1.91 bits per heavy atom. The summed E-state index contributed by atoms with van der Waals surface area (Å²) in [5, 5.41) is 10.1. The Kier molecular flexibility index (Phi) is 4.10. The second kappa shape index (κ2) is 4.33. The third kappa shape index (κ3) is 2.49. The third-order valence-electron chi connectivity index (χ3n) is 1.13. The van der Waals surface area contributed by atoms with Gasteiger partial charge in [0.15, 0.2) is 0 Å². The average molecular weight is 162 g/mol. The van der Waals surface area contributed by atoms with Crippen molar-refractivity contribution in [3.63, 3.8) is 0 Å². The van der Waals surface area contributed by atoms with Crippen molar-refractivity contribution in [3.05, 3.63) is 34.4 Å². The van der Waals surface area contributed by atoms with Crippen LogP contribution in [-0.4, -0.2) is 34.5 Å². The van der Waals surface area contributed by atoms with Crippen LogP contribution in [0.2, 0.25) is 0 Å². The second-order valence-corrected chi connectivity index (χ2v) is 1.82. The Labute approximate surface area is 85.8 Å². The van der Waals surface area contributed by atoms with E-state index in [1.807, 2.05) is 0 Å². The molecule has 0 atom stereocenters. The zero-order chi connectivity index (χ0) is 7.56. The van der Waals surface area contributed by atoms with Gasteiger partial charge in [-0.1, -0.05) is 12.1 Å². The molecule has 5 heteroatoms. The molecular formula is C6H7N2NaO2. The fraction of sp³-hybridized carbons (Fsp3) is 0. The molecule has 54 valence electrons. The Hall–Kier alpha value is -0.580. The van der Waals surface area contributed by atoms with Crippen LogP contribution in [0.4, 0.5) is 11.4 Å². The van der Waals surface area contributed by atoms with Gasteiger partial charge in [-0.2, -0.15) is 0 Å². The predicted octanol–water partition coefficient (Wildman–Crippen LogP) is 0.528. The summed E-state index contributed by atoms with van der Waals surface area (Å²) in [5.41, 5.74) is 5.44.